The molecule has 0 heterocycles. The summed E-state index contributed by atoms with van der Waals surface area (Å²) < 4.78 is 40.7. The Morgan fingerprint density at radius 1 is 0.947 bits per heavy atom. The third-order valence-electron chi connectivity index (χ3n) is 2.32. The van der Waals surface area contributed by atoms with Gasteiger partial charge in [0.1, 0.15) is 5.82 Å². The summed E-state index contributed by atoms with van der Waals surface area (Å²) in [6, 6.07) is 9.82. The fourth-order valence-corrected chi connectivity index (χ4v) is 3.96. The van der Waals surface area contributed by atoms with Gasteiger partial charge in [-0.25, -0.2) is 12.8 Å². The van der Waals surface area contributed by atoms with E-state index in [4.69, 9.17) is 0 Å². The summed E-state index contributed by atoms with van der Waals surface area (Å²) in [5, 5.41) is 0. The van der Waals surface area contributed by atoms with Gasteiger partial charge in [0.15, 0.2) is 0 Å². The molecule has 0 unspecified atom stereocenters. The molecular formula is C12H8Br2FNO2S. The number of nitrogens with one attached hydrogen (secondary N) is 1. The smallest absolute Gasteiger partial charge is 0.261 e. The van der Waals surface area contributed by atoms with E-state index in [0.717, 1.165) is 12.1 Å². The van der Waals surface area contributed by atoms with Crippen molar-refractivity contribution in [3.05, 3.63) is 57.2 Å². The number of halogens is 3. The first-order chi connectivity index (χ1) is 8.90. The maximum absolute atomic E-state index is 12.8. The van der Waals surface area contributed by atoms with E-state index in [2.05, 4.69) is 36.6 Å². The van der Waals surface area contributed by atoms with Crippen LogP contribution in [0.1, 0.15) is 0 Å². The third-order valence-corrected chi connectivity index (χ3v) is 5.01. The van der Waals surface area contributed by atoms with E-state index in [9.17, 15) is 12.8 Å². The van der Waals surface area contributed by atoms with E-state index in [1.54, 1.807) is 18.2 Å². The van der Waals surface area contributed by atoms with Crippen LogP contribution in [0.2, 0.25) is 0 Å². The average Bonchev–Trinajstić information content (AvgIpc) is 2.35. The van der Waals surface area contributed by atoms with Crippen LogP contribution in [0, 0.1) is 5.82 Å². The van der Waals surface area contributed by atoms with Gasteiger partial charge in [-0.2, -0.15) is 0 Å². The lowest BCUT2D eigenvalue weighted by Crippen LogP contribution is -2.13. The largest absolute Gasteiger partial charge is 0.277 e. The number of benzene rings is 2. The minimum absolute atomic E-state index is 0.00319. The van der Waals surface area contributed by atoms with Crippen molar-refractivity contribution in [1.29, 1.82) is 0 Å². The minimum atomic E-state index is -3.75. The van der Waals surface area contributed by atoms with Gasteiger partial charge in [0, 0.05) is 8.95 Å². The molecule has 0 aliphatic heterocycles. The SMILES string of the molecule is O=S(=O)(Nc1c(Br)cccc1Br)c1ccc(F)cc1. The van der Waals surface area contributed by atoms with Crippen LogP contribution in [-0.4, -0.2) is 8.42 Å². The Kier molecular flexibility index (Phi) is 4.27. The molecule has 3 nitrogen and oxygen atoms in total. The second kappa shape index (κ2) is 5.60. The summed E-state index contributed by atoms with van der Waals surface area (Å²) in [5.74, 6) is -0.485. The van der Waals surface area contributed by atoms with Gasteiger partial charge in [-0.3, -0.25) is 4.72 Å². The van der Waals surface area contributed by atoms with Crippen LogP contribution >= 0.6 is 31.9 Å². The highest BCUT2D eigenvalue weighted by molar-refractivity contribution is 9.11. The second-order valence-electron chi connectivity index (χ2n) is 3.66. The molecule has 2 rings (SSSR count). The molecule has 1 N–H and O–H groups in total. The lowest BCUT2D eigenvalue weighted by Gasteiger charge is -2.11. The number of anilines is 1. The number of para-hydroxylation sites is 1. The van der Waals surface area contributed by atoms with Crippen molar-refractivity contribution in [2.45, 2.75) is 4.90 Å². The summed E-state index contributed by atoms with van der Waals surface area (Å²) in [7, 11) is -3.75. The fourth-order valence-electron chi connectivity index (χ4n) is 1.40. The molecule has 0 saturated carbocycles. The predicted octanol–water partition coefficient (Wildman–Crippen LogP) is 4.15. The normalized spacial score (nSPS) is 11.3. The zero-order valence-electron chi connectivity index (χ0n) is 9.40. The quantitative estimate of drug-likeness (QED) is 0.828. The Morgan fingerprint density at radius 2 is 1.47 bits per heavy atom. The molecular weight excluding hydrogens is 401 g/mol. The van der Waals surface area contributed by atoms with E-state index in [1.807, 2.05) is 0 Å². The first-order valence-corrected chi connectivity index (χ1v) is 8.19. The van der Waals surface area contributed by atoms with Crippen LogP contribution < -0.4 is 4.72 Å². The van der Waals surface area contributed by atoms with Crippen molar-refractivity contribution >= 4 is 47.6 Å². The summed E-state index contributed by atoms with van der Waals surface area (Å²) >= 11 is 6.53. The van der Waals surface area contributed by atoms with Gasteiger partial charge in [-0.15, -0.1) is 0 Å². The fraction of sp³-hybridized carbons (Fsp3) is 0. The van der Waals surface area contributed by atoms with E-state index in [-0.39, 0.29) is 4.90 Å². The first-order valence-electron chi connectivity index (χ1n) is 5.12. The Morgan fingerprint density at radius 3 is 2.00 bits per heavy atom. The molecule has 0 aliphatic carbocycles. The molecule has 7 heteroatoms. The van der Waals surface area contributed by atoms with Gasteiger partial charge >= 0.3 is 0 Å². The van der Waals surface area contributed by atoms with Crippen LogP contribution in [-0.2, 0) is 10.0 Å². The van der Waals surface area contributed by atoms with Crippen LogP contribution in [0.3, 0.4) is 0 Å². The molecule has 0 bridgehead atoms. The summed E-state index contributed by atoms with van der Waals surface area (Å²) in [6.07, 6.45) is 0. The molecule has 0 fully saturated rings. The van der Waals surface area contributed by atoms with Gasteiger partial charge in [0.2, 0.25) is 0 Å². The Balaban J connectivity index is 2.39. The highest BCUT2D eigenvalue weighted by atomic mass is 79.9. The van der Waals surface area contributed by atoms with E-state index >= 15 is 0 Å². The molecule has 0 amide bonds. The Labute approximate surface area is 127 Å². The van der Waals surface area contributed by atoms with Crippen LogP contribution in [0.25, 0.3) is 0 Å². The maximum Gasteiger partial charge on any atom is 0.261 e. The van der Waals surface area contributed by atoms with Crippen molar-refractivity contribution in [2.24, 2.45) is 0 Å². The summed E-state index contributed by atoms with van der Waals surface area (Å²) in [5.41, 5.74) is 0.395. The predicted molar refractivity (Wildman–Crippen MR) is 79.1 cm³/mol. The number of hydrogen-bond acceptors (Lipinski definition) is 2. The highest BCUT2D eigenvalue weighted by Crippen LogP contribution is 2.32. The van der Waals surface area contributed by atoms with Gasteiger partial charge in [-0.05, 0) is 68.3 Å². The number of hydrogen-bond donors (Lipinski definition) is 1. The van der Waals surface area contributed by atoms with Gasteiger partial charge in [0.05, 0.1) is 10.6 Å². The molecule has 2 aromatic rings. The van der Waals surface area contributed by atoms with E-state index in [1.165, 1.54) is 12.1 Å². The molecule has 0 atom stereocenters. The molecule has 100 valence electrons. The lowest BCUT2D eigenvalue weighted by molar-refractivity contribution is 0.599. The third kappa shape index (κ3) is 3.34. The van der Waals surface area contributed by atoms with Gasteiger partial charge in [-0.1, -0.05) is 6.07 Å². The number of rotatable bonds is 3. The van der Waals surface area contributed by atoms with Crippen molar-refractivity contribution in [3.63, 3.8) is 0 Å². The number of sulfonamides is 1. The molecule has 0 saturated heterocycles. The van der Waals surface area contributed by atoms with Crippen molar-refractivity contribution in [1.82, 2.24) is 0 Å². The molecule has 0 radical (unpaired) electrons. The Bertz CT molecular complexity index is 682. The van der Waals surface area contributed by atoms with Crippen molar-refractivity contribution < 1.29 is 12.8 Å². The lowest BCUT2D eigenvalue weighted by atomic mass is 10.3. The van der Waals surface area contributed by atoms with Crippen LogP contribution in [0.4, 0.5) is 10.1 Å². The van der Waals surface area contributed by atoms with Gasteiger partial charge in [0.25, 0.3) is 10.0 Å². The van der Waals surface area contributed by atoms with Crippen molar-refractivity contribution in [3.8, 4) is 0 Å². The summed E-state index contributed by atoms with van der Waals surface area (Å²) in [6.45, 7) is 0. The molecule has 0 spiro atoms. The zero-order valence-corrected chi connectivity index (χ0v) is 13.4. The van der Waals surface area contributed by atoms with Crippen LogP contribution in [0.15, 0.2) is 56.3 Å². The average molecular weight is 409 g/mol. The molecule has 0 aromatic heterocycles. The zero-order chi connectivity index (χ0) is 14.0. The molecule has 19 heavy (non-hydrogen) atoms. The molecule has 0 aliphatic rings. The maximum atomic E-state index is 12.8. The Hall–Kier alpha value is -0.920. The van der Waals surface area contributed by atoms with Gasteiger partial charge < -0.3 is 0 Å². The van der Waals surface area contributed by atoms with Crippen molar-refractivity contribution in [2.75, 3.05) is 4.72 Å². The monoisotopic (exact) mass is 407 g/mol. The standard InChI is InChI=1S/C12H8Br2FNO2S/c13-10-2-1-3-11(14)12(10)16-19(17,18)9-6-4-8(15)5-7-9/h1-7,16H. The van der Waals surface area contributed by atoms with Crippen LogP contribution in [0.5, 0.6) is 0 Å². The summed E-state index contributed by atoms with van der Waals surface area (Å²) in [4.78, 5) is -0.00319. The first kappa shape index (κ1) is 14.5. The second-order valence-corrected chi connectivity index (χ2v) is 7.05. The highest BCUT2D eigenvalue weighted by Gasteiger charge is 2.17. The topological polar surface area (TPSA) is 46.2 Å². The minimum Gasteiger partial charge on any atom is -0.277 e. The van der Waals surface area contributed by atoms with E-state index < -0.39 is 15.8 Å². The molecule has 2 aromatic carbocycles. The van der Waals surface area contributed by atoms with E-state index in [0.29, 0.717) is 14.6 Å².